The summed E-state index contributed by atoms with van der Waals surface area (Å²) in [6, 6.07) is 7.44. The summed E-state index contributed by atoms with van der Waals surface area (Å²) in [6.45, 7) is 0. The first-order valence-corrected chi connectivity index (χ1v) is 7.97. The van der Waals surface area contributed by atoms with Crippen molar-refractivity contribution in [1.29, 1.82) is 0 Å². The van der Waals surface area contributed by atoms with E-state index in [2.05, 4.69) is 22.0 Å². The molecule has 2 N–H and O–H groups in total. The molecule has 0 spiro atoms. The van der Waals surface area contributed by atoms with Gasteiger partial charge in [-0.2, -0.15) is 0 Å². The Morgan fingerprint density at radius 3 is 2.74 bits per heavy atom. The van der Waals surface area contributed by atoms with Crippen molar-refractivity contribution < 1.29 is 4.79 Å². The van der Waals surface area contributed by atoms with Gasteiger partial charge >= 0.3 is 0 Å². The Labute approximate surface area is 124 Å². The summed E-state index contributed by atoms with van der Waals surface area (Å²) in [7, 11) is 0. The van der Waals surface area contributed by atoms with Gasteiger partial charge in [0.15, 0.2) is 0 Å². The lowest BCUT2D eigenvalue weighted by Gasteiger charge is -2.08. The average Bonchev–Trinajstić information content (AvgIpc) is 2.85. The quantitative estimate of drug-likeness (QED) is 0.660. The molecule has 0 fully saturated rings. The van der Waals surface area contributed by atoms with Crippen LogP contribution in [-0.4, -0.2) is 5.78 Å². The van der Waals surface area contributed by atoms with Crippen LogP contribution in [0.25, 0.3) is 0 Å². The van der Waals surface area contributed by atoms with Gasteiger partial charge in [-0.15, -0.1) is 11.3 Å². The zero-order valence-corrected chi connectivity index (χ0v) is 12.8. The predicted octanol–water partition coefficient (Wildman–Crippen LogP) is 4.20. The standard InChI is InChI=1S/C15H14BrNOS/c16-11-7-10(5-6-12(11)17)15(18)14-8-9-3-1-2-4-13(9)19-14/h5-8H,1-4,17H2. The molecule has 1 aliphatic rings. The maximum Gasteiger partial charge on any atom is 0.203 e. The molecule has 2 aromatic rings. The third-order valence-electron chi connectivity index (χ3n) is 3.48. The Balaban J connectivity index is 1.95. The zero-order chi connectivity index (χ0) is 13.4. The van der Waals surface area contributed by atoms with Gasteiger partial charge in [-0.25, -0.2) is 0 Å². The Morgan fingerprint density at radius 1 is 1.21 bits per heavy atom. The van der Waals surface area contributed by atoms with Gasteiger partial charge in [-0.3, -0.25) is 4.79 Å². The lowest BCUT2D eigenvalue weighted by molar-refractivity contribution is 0.104. The third-order valence-corrected chi connectivity index (χ3v) is 5.41. The Kier molecular flexibility index (Phi) is 3.46. The molecule has 0 atom stereocenters. The monoisotopic (exact) mass is 335 g/mol. The number of carbonyl (C=O) groups excluding carboxylic acids is 1. The molecule has 3 rings (SSSR count). The first kappa shape index (κ1) is 12.9. The molecular weight excluding hydrogens is 322 g/mol. The van der Waals surface area contributed by atoms with Gasteiger partial charge < -0.3 is 5.73 Å². The number of anilines is 1. The number of thiophene rings is 1. The second-order valence-corrected chi connectivity index (χ2v) is 6.82. The molecule has 0 bridgehead atoms. The van der Waals surface area contributed by atoms with Crippen LogP contribution < -0.4 is 5.73 Å². The summed E-state index contributed by atoms with van der Waals surface area (Å²) in [5, 5.41) is 0. The van der Waals surface area contributed by atoms with E-state index in [-0.39, 0.29) is 5.78 Å². The number of benzene rings is 1. The second-order valence-electron chi connectivity index (χ2n) is 4.83. The normalized spacial score (nSPS) is 14.2. The number of hydrogen-bond donors (Lipinski definition) is 1. The summed E-state index contributed by atoms with van der Waals surface area (Å²) >= 11 is 5.02. The van der Waals surface area contributed by atoms with Crippen LogP contribution in [0.15, 0.2) is 28.7 Å². The van der Waals surface area contributed by atoms with E-state index >= 15 is 0 Å². The molecule has 0 saturated heterocycles. The van der Waals surface area contributed by atoms with Crippen molar-refractivity contribution in [2.75, 3.05) is 5.73 Å². The van der Waals surface area contributed by atoms with Crippen LogP contribution in [0.1, 0.15) is 38.5 Å². The number of aryl methyl sites for hydroxylation is 2. The van der Waals surface area contributed by atoms with Gasteiger partial charge in [0.2, 0.25) is 5.78 Å². The third kappa shape index (κ3) is 2.47. The minimum Gasteiger partial charge on any atom is -0.398 e. The van der Waals surface area contributed by atoms with Gasteiger partial charge in [-0.1, -0.05) is 0 Å². The van der Waals surface area contributed by atoms with E-state index in [1.54, 1.807) is 29.5 Å². The first-order valence-electron chi connectivity index (χ1n) is 6.36. The van der Waals surface area contributed by atoms with Crippen molar-refractivity contribution in [3.05, 3.63) is 49.6 Å². The van der Waals surface area contributed by atoms with Crippen molar-refractivity contribution in [2.45, 2.75) is 25.7 Å². The average molecular weight is 336 g/mol. The fraction of sp³-hybridized carbons (Fsp3) is 0.267. The number of rotatable bonds is 2. The van der Waals surface area contributed by atoms with E-state index in [0.29, 0.717) is 11.3 Å². The minimum absolute atomic E-state index is 0.0973. The smallest absolute Gasteiger partial charge is 0.203 e. The Hall–Kier alpha value is -1.13. The molecule has 1 aliphatic carbocycles. The Morgan fingerprint density at radius 2 is 2.00 bits per heavy atom. The van der Waals surface area contributed by atoms with Gasteiger partial charge in [0.1, 0.15) is 0 Å². The topological polar surface area (TPSA) is 43.1 Å². The molecule has 0 radical (unpaired) electrons. The lowest BCUT2D eigenvalue weighted by Crippen LogP contribution is -1.99. The molecule has 2 nitrogen and oxygen atoms in total. The zero-order valence-electron chi connectivity index (χ0n) is 10.4. The predicted molar refractivity (Wildman–Crippen MR) is 82.9 cm³/mol. The Bertz CT molecular complexity index is 624. The van der Waals surface area contributed by atoms with Crippen LogP contribution in [0.2, 0.25) is 0 Å². The number of carbonyl (C=O) groups is 1. The van der Waals surface area contributed by atoms with Crippen LogP contribution in [0.5, 0.6) is 0 Å². The van der Waals surface area contributed by atoms with Crippen LogP contribution in [0, 0.1) is 0 Å². The van der Waals surface area contributed by atoms with E-state index in [9.17, 15) is 4.79 Å². The molecule has 0 amide bonds. The van der Waals surface area contributed by atoms with Crippen molar-refractivity contribution in [2.24, 2.45) is 0 Å². The number of fused-ring (bicyclic) bond motifs is 1. The number of hydrogen-bond acceptors (Lipinski definition) is 3. The van der Waals surface area contributed by atoms with Crippen LogP contribution >= 0.6 is 27.3 Å². The highest BCUT2D eigenvalue weighted by Crippen LogP contribution is 2.31. The van der Waals surface area contributed by atoms with Crippen LogP contribution in [0.3, 0.4) is 0 Å². The van der Waals surface area contributed by atoms with Gasteiger partial charge in [0.25, 0.3) is 0 Å². The molecule has 0 unspecified atom stereocenters. The summed E-state index contributed by atoms with van der Waals surface area (Å²) in [6.07, 6.45) is 4.72. The highest BCUT2D eigenvalue weighted by molar-refractivity contribution is 9.10. The summed E-state index contributed by atoms with van der Waals surface area (Å²) in [5.41, 5.74) is 8.47. The van der Waals surface area contributed by atoms with E-state index < -0.39 is 0 Å². The molecule has 0 aliphatic heterocycles. The fourth-order valence-corrected chi connectivity index (χ4v) is 4.01. The number of nitrogens with two attached hydrogens (primary N) is 1. The molecular formula is C15H14BrNOS. The highest BCUT2D eigenvalue weighted by atomic mass is 79.9. The van der Waals surface area contributed by atoms with Gasteiger partial charge in [-0.05, 0) is 71.4 Å². The maximum atomic E-state index is 12.5. The summed E-state index contributed by atoms with van der Waals surface area (Å²) in [5.74, 6) is 0.0973. The molecule has 1 aromatic carbocycles. The SMILES string of the molecule is Nc1ccc(C(=O)c2cc3c(s2)CCCC3)cc1Br. The van der Waals surface area contributed by atoms with Crippen LogP contribution in [0.4, 0.5) is 5.69 Å². The minimum atomic E-state index is 0.0973. The largest absolute Gasteiger partial charge is 0.398 e. The van der Waals surface area contributed by atoms with Crippen molar-refractivity contribution in [1.82, 2.24) is 0 Å². The number of ketones is 1. The maximum absolute atomic E-state index is 12.5. The molecule has 98 valence electrons. The van der Waals surface area contributed by atoms with Gasteiger partial charge in [0.05, 0.1) is 4.88 Å². The van der Waals surface area contributed by atoms with E-state index in [0.717, 1.165) is 22.2 Å². The molecule has 19 heavy (non-hydrogen) atoms. The molecule has 0 saturated carbocycles. The van der Waals surface area contributed by atoms with Crippen molar-refractivity contribution >= 4 is 38.7 Å². The van der Waals surface area contributed by atoms with Crippen LogP contribution in [-0.2, 0) is 12.8 Å². The highest BCUT2D eigenvalue weighted by Gasteiger charge is 2.18. The van der Waals surface area contributed by atoms with Gasteiger partial charge in [0, 0.05) is 20.6 Å². The van der Waals surface area contributed by atoms with E-state index in [1.807, 2.05) is 0 Å². The van der Waals surface area contributed by atoms with E-state index in [1.165, 1.54) is 23.3 Å². The number of halogens is 1. The van der Waals surface area contributed by atoms with Crippen molar-refractivity contribution in [3.63, 3.8) is 0 Å². The van der Waals surface area contributed by atoms with Crippen molar-refractivity contribution in [3.8, 4) is 0 Å². The molecule has 4 heteroatoms. The number of nitrogen functional groups attached to an aromatic ring is 1. The lowest BCUT2D eigenvalue weighted by atomic mass is 9.98. The summed E-state index contributed by atoms with van der Waals surface area (Å²) < 4.78 is 0.777. The first-order chi connectivity index (χ1) is 9.15. The van der Waals surface area contributed by atoms with E-state index in [4.69, 9.17) is 5.73 Å². The molecule has 1 heterocycles. The second kappa shape index (κ2) is 5.10. The fourth-order valence-electron chi connectivity index (χ4n) is 2.41. The molecule has 1 aromatic heterocycles. The summed E-state index contributed by atoms with van der Waals surface area (Å²) in [4.78, 5) is 14.7.